The number of benzene rings is 2. The summed E-state index contributed by atoms with van der Waals surface area (Å²) in [5.74, 6) is -0.998. The van der Waals surface area contributed by atoms with Crippen LogP contribution in [0.15, 0.2) is 40.9 Å². The maximum Gasteiger partial charge on any atom is 0.273 e. The van der Waals surface area contributed by atoms with Crippen LogP contribution in [0.4, 0.5) is 17.1 Å². The van der Waals surface area contributed by atoms with Crippen molar-refractivity contribution in [1.29, 1.82) is 0 Å². The molecule has 2 aromatic rings. The minimum atomic E-state index is -0.591. The van der Waals surface area contributed by atoms with Crippen molar-refractivity contribution in [3.8, 4) is 5.75 Å². The van der Waals surface area contributed by atoms with Gasteiger partial charge in [0.05, 0.1) is 40.4 Å². The molecule has 2 aromatic carbocycles. The molecular weight excluding hydrogens is 454 g/mol. The summed E-state index contributed by atoms with van der Waals surface area (Å²) < 4.78 is 5.97. The predicted octanol–water partition coefficient (Wildman–Crippen LogP) is 4.01. The van der Waals surface area contributed by atoms with Crippen LogP contribution in [-0.4, -0.2) is 30.4 Å². The van der Waals surface area contributed by atoms with Gasteiger partial charge in [0.2, 0.25) is 11.8 Å². The van der Waals surface area contributed by atoms with Gasteiger partial charge in [0.25, 0.3) is 5.69 Å². The number of nitrogens with one attached hydrogen (secondary N) is 1. The summed E-state index contributed by atoms with van der Waals surface area (Å²) in [5.41, 5.74) is 0.690. The summed E-state index contributed by atoms with van der Waals surface area (Å²) >= 11 is 9.42. The Morgan fingerprint density at radius 1 is 1.36 bits per heavy atom. The average molecular weight is 469 g/mol. The Hall–Kier alpha value is -2.65. The molecule has 0 unspecified atom stereocenters. The molecule has 1 fully saturated rings. The molecule has 0 aromatic heterocycles. The topological polar surface area (TPSA) is 102 Å². The van der Waals surface area contributed by atoms with Gasteiger partial charge in [-0.05, 0) is 24.3 Å². The van der Waals surface area contributed by atoms with Gasteiger partial charge in [-0.2, -0.15) is 0 Å². The van der Waals surface area contributed by atoms with Crippen LogP contribution >= 0.6 is 27.5 Å². The first kappa shape index (κ1) is 20.1. The maximum absolute atomic E-state index is 12.6. The smallest absolute Gasteiger partial charge is 0.273 e. The third kappa shape index (κ3) is 4.10. The fraction of sp³-hybridized carbons (Fsp3) is 0.222. The van der Waals surface area contributed by atoms with Crippen LogP contribution in [0.3, 0.4) is 0 Å². The van der Waals surface area contributed by atoms with E-state index < -0.39 is 10.8 Å². The fourth-order valence-electron chi connectivity index (χ4n) is 2.94. The van der Waals surface area contributed by atoms with Gasteiger partial charge >= 0.3 is 0 Å². The highest BCUT2D eigenvalue weighted by atomic mass is 79.9. The van der Waals surface area contributed by atoms with Gasteiger partial charge in [-0.15, -0.1) is 0 Å². The van der Waals surface area contributed by atoms with Gasteiger partial charge in [-0.1, -0.05) is 27.5 Å². The normalized spacial score (nSPS) is 16.2. The first-order valence-corrected chi connectivity index (χ1v) is 9.36. The van der Waals surface area contributed by atoms with Crippen LogP contribution < -0.4 is 15.0 Å². The second-order valence-electron chi connectivity index (χ2n) is 6.13. The molecule has 1 atom stereocenters. The second kappa shape index (κ2) is 8.15. The summed E-state index contributed by atoms with van der Waals surface area (Å²) in [6.07, 6.45) is 0.0140. The molecule has 1 aliphatic heterocycles. The lowest BCUT2D eigenvalue weighted by molar-refractivity contribution is -0.384. The fourth-order valence-corrected chi connectivity index (χ4v) is 3.67. The molecular formula is C18H15BrClN3O5. The van der Waals surface area contributed by atoms with E-state index in [1.807, 2.05) is 0 Å². The largest absolute Gasteiger partial charge is 0.494 e. The Kier molecular flexibility index (Phi) is 5.85. The second-order valence-corrected chi connectivity index (χ2v) is 7.45. The Balaban J connectivity index is 1.78. The number of hydrogen-bond donors (Lipinski definition) is 1. The molecule has 0 radical (unpaired) electrons. The molecule has 1 heterocycles. The summed E-state index contributed by atoms with van der Waals surface area (Å²) in [4.78, 5) is 36.8. The Labute approximate surface area is 173 Å². The number of non-ortho nitro benzene ring substituents is 1. The zero-order chi connectivity index (χ0) is 20.4. The molecule has 2 amide bonds. The van der Waals surface area contributed by atoms with Gasteiger partial charge in [-0.25, -0.2) is 0 Å². The van der Waals surface area contributed by atoms with E-state index in [0.29, 0.717) is 16.4 Å². The van der Waals surface area contributed by atoms with Gasteiger partial charge in [0, 0.05) is 23.5 Å². The maximum atomic E-state index is 12.6. The molecule has 146 valence electrons. The number of carbonyl (C=O) groups is 2. The average Bonchev–Trinajstić information content (AvgIpc) is 3.05. The van der Waals surface area contributed by atoms with Crippen LogP contribution in [0, 0.1) is 16.0 Å². The van der Waals surface area contributed by atoms with Crippen LogP contribution in [0.25, 0.3) is 0 Å². The number of nitro groups is 1. The quantitative estimate of drug-likeness (QED) is 0.528. The van der Waals surface area contributed by atoms with Crippen LogP contribution in [0.1, 0.15) is 6.42 Å². The highest BCUT2D eigenvalue weighted by Gasteiger charge is 2.36. The minimum Gasteiger partial charge on any atom is -0.494 e. The summed E-state index contributed by atoms with van der Waals surface area (Å²) in [5, 5.41) is 14.0. The van der Waals surface area contributed by atoms with Crippen LogP contribution in [0.5, 0.6) is 5.75 Å². The van der Waals surface area contributed by atoms with E-state index in [9.17, 15) is 19.7 Å². The van der Waals surface area contributed by atoms with Crippen molar-refractivity contribution < 1.29 is 19.2 Å². The number of ether oxygens (including phenoxy) is 1. The first-order chi connectivity index (χ1) is 13.3. The number of halogens is 2. The predicted molar refractivity (Wildman–Crippen MR) is 108 cm³/mol. The summed E-state index contributed by atoms with van der Waals surface area (Å²) in [6, 6.07) is 9.05. The van der Waals surface area contributed by atoms with Crippen molar-refractivity contribution in [3.05, 3.63) is 56.0 Å². The molecule has 28 heavy (non-hydrogen) atoms. The molecule has 1 saturated heterocycles. The van der Waals surface area contributed by atoms with Gasteiger partial charge in [0.15, 0.2) is 0 Å². The Morgan fingerprint density at radius 2 is 2.11 bits per heavy atom. The highest BCUT2D eigenvalue weighted by molar-refractivity contribution is 9.10. The SMILES string of the molecule is COc1cc([N+](=O)[O-])ccc1N1C[C@@H](C(=O)Nc2ccc(Br)cc2Cl)CC1=O. The third-order valence-electron chi connectivity index (χ3n) is 4.35. The van der Waals surface area contributed by atoms with Crippen molar-refractivity contribution in [2.45, 2.75) is 6.42 Å². The highest BCUT2D eigenvalue weighted by Crippen LogP contribution is 2.36. The van der Waals surface area contributed by atoms with E-state index in [1.165, 1.54) is 30.2 Å². The number of rotatable bonds is 5. The zero-order valence-corrected chi connectivity index (χ0v) is 17.0. The van der Waals surface area contributed by atoms with Crippen molar-refractivity contribution >= 4 is 56.4 Å². The molecule has 0 saturated carbocycles. The van der Waals surface area contributed by atoms with E-state index >= 15 is 0 Å². The van der Waals surface area contributed by atoms with E-state index in [-0.39, 0.29) is 36.2 Å². The minimum absolute atomic E-state index is 0.0140. The van der Waals surface area contributed by atoms with Crippen molar-refractivity contribution in [2.24, 2.45) is 5.92 Å². The van der Waals surface area contributed by atoms with Crippen molar-refractivity contribution in [3.63, 3.8) is 0 Å². The van der Waals surface area contributed by atoms with E-state index in [1.54, 1.807) is 18.2 Å². The number of methoxy groups -OCH3 is 1. The molecule has 0 aliphatic carbocycles. The first-order valence-electron chi connectivity index (χ1n) is 8.19. The van der Waals surface area contributed by atoms with E-state index in [0.717, 1.165) is 4.47 Å². The summed E-state index contributed by atoms with van der Waals surface area (Å²) in [7, 11) is 1.36. The molecule has 10 heteroatoms. The number of amides is 2. The lowest BCUT2D eigenvalue weighted by Crippen LogP contribution is -2.28. The van der Waals surface area contributed by atoms with Crippen molar-refractivity contribution in [1.82, 2.24) is 0 Å². The lowest BCUT2D eigenvalue weighted by Gasteiger charge is -2.19. The lowest BCUT2D eigenvalue weighted by atomic mass is 10.1. The summed E-state index contributed by atoms with van der Waals surface area (Å²) in [6.45, 7) is 0.132. The Morgan fingerprint density at radius 3 is 2.75 bits per heavy atom. The molecule has 0 spiro atoms. The van der Waals surface area contributed by atoms with Gasteiger partial charge in [0.1, 0.15) is 5.75 Å². The number of nitrogens with zero attached hydrogens (tertiary/aromatic N) is 2. The van der Waals surface area contributed by atoms with Crippen LogP contribution in [-0.2, 0) is 9.59 Å². The van der Waals surface area contributed by atoms with E-state index in [2.05, 4.69) is 21.2 Å². The third-order valence-corrected chi connectivity index (χ3v) is 5.16. The standard InChI is InChI=1S/C18H15BrClN3O5/c1-28-16-8-12(23(26)27)3-5-15(16)22-9-10(6-17(22)24)18(25)21-14-4-2-11(19)7-13(14)20/h2-5,7-8,10H,6,9H2,1H3,(H,21,25)/t10-/m0/s1. The van der Waals surface area contributed by atoms with Crippen LogP contribution in [0.2, 0.25) is 5.02 Å². The number of carbonyl (C=O) groups excluding carboxylic acids is 2. The molecule has 1 aliphatic rings. The monoisotopic (exact) mass is 467 g/mol. The van der Waals surface area contributed by atoms with Gasteiger partial charge < -0.3 is 15.0 Å². The number of anilines is 2. The van der Waals surface area contributed by atoms with Gasteiger partial charge in [-0.3, -0.25) is 19.7 Å². The molecule has 3 rings (SSSR count). The van der Waals surface area contributed by atoms with E-state index in [4.69, 9.17) is 16.3 Å². The number of hydrogen-bond acceptors (Lipinski definition) is 5. The van der Waals surface area contributed by atoms with Crippen molar-refractivity contribution in [2.75, 3.05) is 23.9 Å². The molecule has 0 bridgehead atoms. The number of nitro benzene ring substituents is 1. The molecule has 8 nitrogen and oxygen atoms in total. The zero-order valence-electron chi connectivity index (χ0n) is 14.6. The Bertz CT molecular complexity index is 968. The molecule has 1 N–H and O–H groups in total.